The maximum atomic E-state index is 13.1. The number of ketones is 1. The van der Waals surface area contributed by atoms with Gasteiger partial charge in [0, 0.05) is 17.7 Å². The summed E-state index contributed by atoms with van der Waals surface area (Å²) < 4.78 is 18.0. The number of rotatable bonds is 4. The third-order valence-corrected chi connectivity index (χ3v) is 5.20. The van der Waals surface area contributed by atoms with Gasteiger partial charge >= 0.3 is 0 Å². The molecule has 1 atom stereocenters. The van der Waals surface area contributed by atoms with Crippen LogP contribution in [0.4, 0.5) is 5.95 Å². The Morgan fingerprint density at radius 2 is 1.79 bits per heavy atom. The molecule has 1 aromatic carbocycles. The van der Waals surface area contributed by atoms with Crippen LogP contribution in [0.5, 0.6) is 17.2 Å². The van der Waals surface area contributed by atoms with Crippen molar-refractivity contribution in [1.29, 1.82) is 0 Å². The Morgan fingerprint density at radius 3 is 2.39 bits per heavy atom. The molecular formula is C19H23N5O4. The van der Waals surface area contributed by atoms with Gasteiger partial charge in [-0.05, 0) is 40.0 Å². The maximum Gasteiger partial charge on any atom is 0.248 e. The van der Waals surface area contributed by atoms with Gasteiger partial charge in [0.15, 0.2) is 17.3 Å². The number of carbonyl (C=O) groups excluding carboxylic acids is 1. The Balaban J connectivity index is 1.93. The SMILES string of the molecule is COc1cc(C2C3=C(CC(C)(C)CC3=O)Nc3nnnn32)cc(OC)c1OC. The zero-order valence-corrected chi connectivity index (χ0v) is 16.6. The molecule has 4 rings (SSSR count). The molecule has 1 aliphatic carbocycles. The average Bonchev–Trinajstić information content (AvgIpc) is 3.12. The summed E-state index contributed by atoms with van der Waals surface area (Å²) in [6.45, 7) is 4.17. The quantitative estimate of drug-likeness (QED) is 0.856. The number of tetrazole rings is 1. The van der Waals surface area contributed by atoms with Gasteiger partial charge in [0.2, 0.25) is 11.7 Å². The largest absolute Gasteiger partial charge is 0.493 e. The zero-order chi connectivity index (χ0) is 20.1. The van der Waals surface area contributed by atoms with Gasteiger partial charge in [0.1, 0.15) is 6.04 Å². The van der Waals surface area contributed by atoms with Crippen LogP contribution in [0.3, 0.4) is 0 Å². The number of nitrogens with zero attached hydrogens (tertiary/aromatic N) is 4. The number of methoxy groups -OCH3 is 3. The second-order valence-corrected chi connectivity index (χ2v) is 7.77. The van der Waals surface area contributed by atoms with Gasteiger partial charge in [0.05, 0.1) is 21.3 Å². The minimum atomic E-state index is -0.474. The van der Waals surface area contributed by atoms with E-state index in [0.717, 1.165) is 17.7 Å². The number of anilines is 1. The van der Waals surface area contributed by atoms with Gasteiger partial charge in [0.25, 0.3) is 0 Å². The summed E-state index contributed by atoms with van der Waals surface area (Å²) in [5, 5.41) is 15.2. The lowest BCUT2D eigenvalue weighted by atomic mass is 9.73. The molecule has 0 saturated heterocycles. The molecule has 2 aliphatic rings. The summed E-state index contributed by atoms with van der Waals surface area (Å²) in [5.41, 5.74) is 2.19. The first-order valence-electron chi connectivity index (χ1n) is 8.99. The van der Waals surface area contributed by atoms with E-state index < -0.39 is 6.04 Å². The molecule has 2 aromatic rings. The Labute approximate surface area is 162 Å². The molecular weight excluding hydrogens is 362 g/mol. The second kappa shape index (κ2) is 6.50. The molecule has 28 heavy (non-hydrogen) atoms. The number of Topliss-reactive ketones (excluding diaryl/α,β-unsaturated/α-hetero) is 1. The van der Waals surface area contributed by atoms with Crippen LogP contribution in [-0.4, -0.2) is 47.3 Å². The lowest BCUT2D eigenvalue weighted by Gasteiger charge is -2.38. The highest BCUT2D eigenvalue weighted by Gasteiger charge is 2.42. The molecule has 148 valence electrons. The molecule has 0 spiro atoms. The van der Waals surface area contributed by atoms with Crippen LogP contribution in [0.15, 0.2) is 23.4 Å². The van der Waals surface area contributed by atoms with Crippen LogP contribution < -0.4 is 19.5 Å². The highest BCUT2D eigenvalue weighted by Crippen LogP contribution is 2.47. The maximum absolute atomic E-state index is 13.1. The summed E-state index contributed by atoms with van der Waals surface area (Å²) in [6, 6.07) is 3.19. The summed E-state index contributed by atoms with van der Waals surface area (Å²) in [4.78, 5) is 13.1. The minimum Gasteiger partial charge on any atom is -0.493 e. The normalized spacial score (nSPS) is 20.2. The van der Waals surface area contributed by atoms with E-state index in [2.05, 4.69) is 34.7 Å². The number of benzene rings is 1. The predicted molar refractivity (Wildman–Crippen MR) is 101 cm³/mol. The molecule has 9 nitrogen and oxygen atoms in total. The fourth-order valence-electron chi connectivity index (χ4n) is 4.04. The van der Waals surface area contributed by atoms with Crippen LogP contribution in [-0.2, 0) is 4.79 Å². The van der Waals surface area contributed by atoms with E-state index in [-0.39, 0.29) is 11.2 Å². The number of allylic oxidation sites excluding steroid dienone is 2. The van der Waals surface area contributed by atoms with Crippen LogP contribution in [0.1, 0.15) is 38.3 Å². The van der Waals surface area contributed by atoms with E-state index in [0.29, 0.717) is 35.2 Å². The number of aromatic nitrogens is 4. The molecule has 0 bridgehead atoms. The molecule has 0 fully saturated rings. The van der Waals surface area contributed by atoms with Gasteiger partial charge in [-0.3, -0.25) is 4.79 Å². The number of nitrogens with one attached hydrogen (secondary N) is 1. The predicted octanol–water partition coefficient (Wildman–Crippen LogP) is 2.36. The van der Waals surface area contributed by atoms with Gasteiger partial charge in [-0.1, -0.05) is 18.9 Å². The number of carbonyl (C=O) groups is 1. The third-order valence-electron chi connectivity index (χ3n) is 5.20. The fraction of sp³-hybridized carbons (Fsp3) is 0.474. The van der Waals surface area contributed by atoms with Crippen molar-refractivity contribution in [2.24, 2.45) is 5.41 Å². The Bertz CT molecular complexity index is 953. The van der Waals surface area contributed by atoms with E-state index in [1.165, 1.54) is 0 Å². The lowest BCUT2D eigenvalue weighted by molar-refractivity contribution is -0.118. The second-order valence-electron chi connectivity index (χ2n) is 7.77. The van der Waals surface area contributed by atoms with E-state index in [4.69, 9.17) is 14.2 Å². The van der Waals surface area contributed by atoms with Crippen molar-refractivity contribution in [3.8, 4) is 17.2 Å². The standard InChI is InChI=1S/C19H23N5O4/c1-19(2)8-11-15(12(25)9-19)16(24-18(20-11)21-22-23-24)10-6-13(26-3)17(28-5)14(7-10)27-4/h6-7,16H,8-9H2,1-5H3,(H,20,21,23). The molecule has 0 radical (unpaired) electrons. The highest BCUT2D eigenvalue weighted by molar-refractivity contribution is 6.00. The van der Waals surface area contributed by atoms with Crippen molar-refractivity contribution >= 4 is 11.7 Å². The van der Waals surface area contributed by atoms with Crippen LogP contribution in [0, 0.1) is 5.41 Å². The van der Waals surface area contributed by atoms with Crippen LogP contribution in [0.2, 0.25) is 0 Å². The minimum absolute atomic E-state index is 0.0821. The third kappa shape index (κ3) is 2.78. The Morgan fingerprint density at radius 1 is 1.11 bits per heavy atom. The summed E-state index contributed by atoms with van der Waals surface area (Å²) in [6.07, 6.45) is 1.20. The Kier molecular flexibility index (Phi) is 4.24. The first kappa shape index (κ1) is 18.3. The first-order chi connectivity index (χ1) is 13.4. The fourth-order valence-corrected chi connectivity index (χ4v) is 4.04. The Hall–Kier alpha value is -3.10. The lowest BCUT2D eigenvalue weighted by Crippen LogP contribution is -2.36. The van der Waals surface area contributed by atoms with Gasteiger partial charge in [-0.15, -0.1) is 0 Å². The number of ether oxygens (including phenoxy) is 3. The van der Waals surface area contributed by atoms with E-state index in [1.54, 1.807) is 26.0 Å². The molecule has 0 saturated carbocycles. The first-order valence-corrected chi connectivity index (χ1v) is 8.99. The number of fused-ring (bicyclic) bond motifs is 1. The van der Waals surface area contributed by atoms with Gasteiger partial charge in [-0.25, -0.2) is 0 Å². The van der Waals surface area contributed by atoms with E-state index in [9.17, 15) is 4.79 Å². The van der Waals surface area contributed by atoms with Gasteiger partial charge in [-0.2, -0.15) is 4.68 Å². The molecule has 1 aromatic heterocycles. The monoisotopic (exact) mass is 385 g/mol. The van der Waals surface area contributed by atoms with Crippen molar-refractivity contribution in [2.45, 2.75) is 32.7 Å². The molecule has 1 N–H and O–H groups in total. The van der Waals surface area contributed by atoms with E-state index >= 15 is 0 Å². The molecule has 1 unspecified atom stereocenters. The van der Waals surface area contributed by atoms with Crippen molar-refractivity contribution < 1.29 is 19.0 Å². The van der Waals surface area contributed by atoms with E-state index in [1.807, 2.05) is 12.1 Å². The summed E-state index contributed by atoms with van der Waals surface area (Å²) in [7, 11) is 4.67. The van der Waals surface area contributed by atoms with Crippen molar-refractivity contribution in [2.75, 3.05) is 26.6 Å². The molecule has 9 heteroatoms. The van der Waals surface area contributed by atoms with Crippen molar-refractivity contribution in [3.63, 3.8) is 0 Å². The molecule has 0 amide bonds. The smallest absolute Gasteiger partial charge is 0.248 e. The topological polar surface area (TPSA) is 100 Å². The summed E-state index contributed by atoms with van der Waals surface area (Å²) in [5.74, 6) is 2.10. The van der Waals surface area contributed by atoms with Crippen LogP contribution >= 0.6 is 0 Å². The van der Waals surface area contributed by atoms with Crippen molar-refractivity contribution in [3.05, 3.63) is 29.0 Å². The average molecular weight is 385 g/mol. The van der Waals surface area contributed by atoms with Gasteiger partial charge < -0.3 is 19.5 Å². The number of hydrogen-bond donors (Lipinski definition) is 1. The zero-order valence-electron chi connectivity index (χ0n) is 16.6. The van der Waals surface area contributed by atoms with Crippen LogP contribution in [0.25, 0.3) is 0 Å². The molecule has 1 aliphatic heterocycles. The summed E-state index contributed by atoms with van der Waals surface area (Å²) >= 11 is 0. The highest BCUT2D eigenvalue weighted by atomic mass is 16.5. The van der Waals surface area contributed by atoms with Crippen molar-refractivity contribution in [1.82, 2.24) is 20.2 Å². The number of hydrogen-bond acceptors (Lipinski definition) is 8. The molecule has 2 heterocycles.